The van der Waals surface area contributed by atoms with Crippen LogP contribution in [0.3, 0.4) is 0 Å². The molecule has 0 saturated carbocycles. The third kappa shape index (κ3) is 2.81. The van der Waals surface area contributed by atoms with E-state index in [1.807, 2.05) is 6.07 Å². The molecule has 4 heterocycles. The Bertz CT molecular complexity index is 788. The number of hydrogen-bond acceptors (Lipinski definition) is 8. The van der Waals surface area contributed by atoms with Crippen LogP contribution < -0.4 is 4.90 Å². The van der Waals surface area contributed by atoms with Crippen LogP contribution in [0.4, 0.5) is 5.13 Å². The van der Waals surface area contributed by atoms with Crippen LogP contribution in [0.25, 0.3) is 9.53 Å². The molecule has 0 unspecified atom stereocenters. The van der Waals surface area contributed by atoms with Crippen LogP contribution in [0, 0.1) is 0 Å². The Morgan fingerprint density at radius 2 is 2.22 bits per heavy atom. The van der Waals surface area contributed by atoms with E-state index in [9.17, 15) is 4.79 Å². The quantitative estimate of drug-likeness (QED) is 0.721. The van der Waals surface area contributed by atoms with E-state index < -0.39 is 0 Å². The minimum atomic E-state index is -0.0484. The summed E-state index contributed by atoms with van der Waals surface area (Å²) in [4.78, 5) is 26.7. The van der Waals surface area contributed by atoms with Gasteiger partial charge < -0.3 is 14.3 Å². The SMILES string of the molecule is CN(Cc1ncon1)C(=O)c1cc2sc(N3CCCC3)nc2s1. The lowest BCUT2D eigenvalue weighted by Gasteiger charge is -2.13. The highest BCUT2D eigenvalue weighted by atomic mass is 32.1. The number of rotatable bonds is 4. The third-order valence-corrected chi connectivity index (χ3v) is 6.01. The molecule has 7 nitrogen and oxygen atoms in total. The Morgan fingerprint density at radius 3 is 2.91 bits per heavy atom. The molecule has 0 aromatic carbocycles. The van der Waals surface area contributed by atoms with Gasteiger partial charge in [0.1, 0.15) is 4.83 Å². The first-order valence-corrected chi connectivity index (χ1v) is 9.00. The van der Waals surface area contributed by atoms with Gasteiger partial charge >= 0.3 is 0 Å². The summed E-state index contributed by atoms with van der Waals surface area (Å²) in [6, 6.07) is 1.94. The molecule has 9 heteroatoms. The minimum absolute atomic E-state index is 0.0484. The number of thiazole rings is 1. The maximum Gasteiger partial charge on any atom is 0.264 e. The van der Waals surface area contributed by atoms with Crippen molar-refractivity contribution in [3.8, 4) is 0 Å². The number of aromatic nitrogens is 3. The maximum absolute atomic E-state index is 12.5. The van der Waals surface area contributed by atoms with E-state index in [-0.39, 0.29) is 5.91 Å². The topological polar surface area (TPSA) is 75.4 Å². The van der Waals surface area contributed by atoms with Crippen molar-refractivity contribution in [1.82, 2.24) is 20.0 Å². The molecular weight excluding hydrogens is 334 g/mol. The van der Waals surface area contributed by atoms with Gasteiger partial charge in [-0.2, -0.15) is 4.98 Å². The van der Waals surface area contributed by atoms with Crippen LogP contribution in [-0.2, 0) is 6.54 Å². The first-order chi connectivity index (χ1) is 11.2. The predicted molar refractivity (Wildman–Crippen MR) is 89.0 cm³/mol. The lowest BCUT2D eigenvalue weighted by Crippen LogP contribution is -2.25. The highest BCUT2D eigenvalue weighted by Crippen LogP contribution is 2.36. The molecule has 4 rings (SSSR count). The number of anilines is 1. The van der Waals surface area contributed by atoms with Crippen LogP contribution >= 0.6 is 22.7 Å². The molecule has 0 spiro atoms. The van der Waals surface area contributed by atoms with Gasteiger partial charge in [-0.3, -0.25) is 4.79 Å². The molecule has 3 aromatic heterocycles. The van der Waals surface area contributed by atoms with Gasteiger partial charge in [0.25, 0.3) is 5.91 Å². The number of thiophene rings is 1. The molecule has 1 aliphatic heterocycles. The molecule has 0 bridgehead atoms. The Hall–Kier alpha value is -2.00. The normalized spacial score (nSPS) is 14.7. The van der Waals surface area contributed by atoms with Crippen molar-refractivity contribution < 1.29 is 9.32 Å². The standard InChI is InChI=1S/C14H15N5O2S2/c1-18(7-11-15-8-21-17-11)13(20)10-6-9-12(22-10)16-14(23-9)19-4-2-3-5-19/h6,8H,2-5,7H2,1H3. The number of hydrogen-bond donors (Lipinski definition) is 0. The summed E-state index contributed by atoms with van der Waals surface area (Å²) in [5, 5.41) is 4.80. The summed E-state index contributed by atoms with van der Waals surface area (Å²) in [5.74, 6) is 0.446. The molecule has 0 N–H and O–H groups in total. The molecule has 1 amide bonds. The zero-order chi connectivity index (χ0) is 15.8. The monoisotopic (exact) mass is 349 g/mol. The van der Waals surface area contributed by atoms with Crippen LogP contribution in [0.2, 0.25) is 0 Å². The van der Waals surface area contributed by atoms with Crippen LogP contribution in [-0.4, -0.2) is 46.1 Å². The van der Waals surface area contributed by atoms with E-state index in [0.29, 0.717) is 17.2 Å². The van der Waals surface area contributed by atoms with Gasteiger partial charge in [0.05, 0.1) is 16.1 Å². The molecule has 0 radical (unpaired) electrons. The van der Waals surface area contributed by atoms with Crippen molar-refractivity contribution in [2.45, 2.75) is 19.4 Å². The second-order valence-electron chi connectivity index (χ2n) is 5.48. The van der Waals surface area contributed by atoms with E-state index in [4.69, 9.17) is 0 Å². The smallest absolute Gasteiger partial charge is 0.264 e. The van der Waals surface area contributed by atoms with Gasteiger partial charge in [-0.05, 0) is 18.9 Å². The molecule has 0 atom stereocenters. The van der Waals surface area contributed by atoms with Crippen molar-refractivity contribution in [2.24, 2.45) is 0 Å². The van der Waals surface area contributed by atoms with Crippen molar-refractivity contribution in [3.05, 3.63) is 23.2 Å². The Kier molecular flexibility index (Phi) is 3.74. The number of fused-ring (bicyclic) bond motifs is 1. The van der Waals surface area contributed by atoms with Gasteiger partial charge in [-0.1, -0.05) is 16.5 Å². The summed E-state index contributed by atoms with van der Waals surface area (Å²) < 4.78 is 5.77. The first kappa shape index (κ1) is 14.6. The van der Waals surface area contributed by atoms with Crippen molar-refractivity contribution in [1.29, 1.82) is 0 Å². The fraction of sp³-hybridized carbons (Fsp3) is 0.429. The summed E-state index contributed by atoms with van der Waals surface area (Å²) in [6.07, 6.45) is 3.73. The molecule has 1 fully saturated rings. The maximum atomic E-state index is 12.5. The molecular formula is C14H15N5O2S2. The summed E-state index contributed by atoms with van der Waals surface area (Å²) in [7, 11) is 1.73. The largest absolute Gasteiger partial charge is 0.348 e. The Morgan fingerprint density at radius 1 is 1.39 bits per heavy atom. The molecule has 23 heavy (non-hydrogen) atoms. The minimum Gasteiger partial charge on any atom is -0.348 e. The Labute approximate surface area is 140 Å². The van der Waals surface area contributed by atoms with Crippen molar-refractivity contribution in [2.75, 3.05) is 25.0 Å². The second-order valence-corrected chi connectivity index (χ2v) is 7.52. The number of nitrogens with zero attached hydrogens (tertiary/aromatic N) is 5. The first-order valence-electron chi connectivity index (χ1n) is 7.37. The lowest BCUT2D eigenvalue weighted by atomic mass is 10.4. The molecule has 3 aromatic rings. The molecule has 0 aliphatic carbocycles. The van der Waals surface area contributed by atoms with E-state index in [1.165, 1.54) is 30.6 Å². The molecule has 1 saturated heterocycles. The molecule has 120 valence electrons. The van der Waals surface area contributed by atoms with Gasteiger partial charge in [0.15, 0.2) is 11.0 Å². The van der Waals surface area contributed by atoms with E-state index in [1.54, 1.807) is 23.3 Å². The van der Waals surface area contributed by atoms with Gasteiger partial charge in [0.2, 0.25) is 6.39 Å². The summed E-state index contributed by atoms with van der Waals surface area (Å²) in [6.45, 7) is 2.49. The van der Waals surface area contributed by atoms with Crippen molar-refractivity contribution >= 4 is 43.2 Å². The van der Waals surface area contributed by atoms with E-state index in [0.717, 1.165) is 27.8 Å². The average Bonchev–Trinajstić information content (AvgIpc) is 3.28. The number of carbonyl (C=O) groups is 1. The van der Waals surface area contributed by atoms with Gasteiger partial charge in [0, 0.05) is 20.1 Å². The third-order valence-electron chi connectivity index (χ3n) is 3.80. The van der Waals surface area contributed by atoms with Crippen LogP contribution in [0.1, 0.15) is 28.3 Å². The highest BCUT2D eigenvalue weighted by molar-refractivity contribution is 7.29. The summed E-state index contributed by atoms with van der Waals surface area (Å²) >= 11 is 3.11. The van der Waals surface area contributed by atoms with E-state index in [2.05, 4.69) is 24.5 Å². The van der Waals surface area contributed by atoms with Gasteiger partial charge in [-0.15, -0.1) is 11.3 Å². The van der Waals surface area contributed by atoms with Crippen LogP contribution in [0.15, 0.2) is 17.0 Å². The van der Waals surface area contributed by atoms with Crippen LogP contribution in [0.5, 0.6) is 0 Å². The Balaban J connectivity index is 1.52. The predicted octanol–water partition coefficient (Wildman–Crippen LogP) is 2.61. The average molecular weight is 349 g/mol. The fourth-order valence-corrected chi connectivity index (χ4v) is 4.86. The summed E-state index contributed by atoms with van der Waals surface area (Å²) in [5.41, 5.74) is 0. The molecule has 1 aliphatic rings. The van der Waals surface area contributed by atoms with Crippen molar-refractivity contribution in [3.63, 3.8) is 0 Å². The zero-order valence-electron chi connectivity index (χ0n) is 12.6. The van der Waals surface area contributed by atoms with Gasteiger partial charge in [-0.25, -0.2) is 4.98 Å². The number of amides is 1. The highest BCUT2D eigenvalue weighted by Gasteiger charge is 2.21. The second kappa shape index (κ2) is 5.89. The van der Waals surface area contributed by atoms with E-state index >= 15 is 0 Å². The zero-order valence-corrected chi connectivity index (χ0v) is 14.2. The number of carbonyl (C=O) groups excluding carboxylic acids is 1. The fourth-order valence-electron chi connectivity index (χ4n) is 2.61. The lowest BCUT2D eigenvalue weighted by molar-refractivity contribution is 0.0785.